The zero-order valence-corrected chi connectivity index (χ0v) is 13.1. The third-order valence-corrected chi connectivity index (χ3v) is 3.72. The van der Waals surface area contributed by atoms with Crippen LogP contribution in [0.5, 0.6) is 0 Å². The molecule has 0 heterocycles. The lowest BCUT2D eigenvalue weighted by molar-refractivity contribution is -0.200. The Morgan fingerprint density at radius 3 is 2.17 bits per heavy atom. The molecule has 0 saturated heterocycles. The summed E-state index contributed by atoms with van der Waals surface area (Å²) in [6.45, 7) is 3.61. The number of aliphatic hydroxyl groups excluding tert-OH is 1. The van der Waals surface area contributed by atoms with Crippen molar-refractivity contribution in [2.45, 2.75) is 32.7 Å². The molecule has 0 bridgehead atoms. The van der Waals surface area contributed by atoms with E-state index in [0.29, 0.717) is 12.2 Å². The lowest BCUT2D eigenvalue weighted by Crippen LogP contribution is -2.41. The lowest BCUT2D eigenvalue weighted by Gasteiger charge is -2.29. The van der Waals surface area contributed by atoms with Gasteiger partial charge in [-0.1, -0.05) is 48.0 Å². The summed E-state index contributed by atoms with van der Waals surface area (Å²) in [5.74, 6) is 0. The van der Waals surface area contributed by atoms with Gasteiger partial charge < -0.3 is 10.0 Å². The smallest absolute Gasteiger partial charge is 0.382 e. The molecule has 0 aliphatic rings. The van der Waals surface area contributed by atoms with Crippen LogP contribution in [0, 0.1) is 13.8 Å². The zero-order chi connectivity index (χ0) is 17.0. The fraction of sp³-hybridized carbons (Fsp3) is 0.333. The second-order valence-electron chi connectivity index (χ2n) is 5.71. The molecule has 2 aromatic carbocycles. The van der Waals surface area contributed by atoms with Crippen LogP contribution in [0.15, 0.2) is 48.5 Å². The number of rotatable bonds is 5. The van der Waals surface area contributed by atoms with E-state index in [1.165, 1.54) is 0 Å². The molecule has 0 aromatic heterocycles. The monoisotopic (exact) mass is 323 g/mol. The van der Waals surface area contributed by atoms with Crippen molar-refractivity contribution in [3.05, 3.63) is 65.2 Å². The highest BCUT2D eigenvalue weighted by molar-refractivity contribution is 5.53. The largest absolute Gasteiger partial charge is 0.416 e. The predicted molar refractivity (Wildman–Crippen MR) is 85.5 cm³/mol. The van der Waals surface area contributed by atoms with Crippen LogP contribution in [0.1, 0.15) is 16.7 Å². The number of hydrogen-bond donors (Lipinski definition) is 1. The van der Waals surface area contributed by atoms with Crippen LogP contribution in [0.25, 0.3) is 0 Å². The van der Waals surface area contributed by atoms with Crippen molar-refractivity contribution in [1.29, 1.82) is 0 Å². The highest BCUT2D eigenvalue weighted by Crippen LogP contribution is 2.26. The molecule has 0 saturated carbocycles. The van der Waals surface area contributed by atoms with Crippen LogP contribution in [-0.2, 0) is 6.54 Å². The first kappa shape index (κ1) is 17.3. The average Bonchev–Trinajstić information content (AvgIpc) is 2.48. The molecule has 1 atom stereocenters. The Morgan fingerprint density at radius 1 is 1.00 bits per heavy atom. The zero-order valence-electron chi connectivity index (χ0n) is 13.1. The molecule has 0 spiro atoms. The van der Waals surface area contributed by atoms with Crippen molar-refractivity contribution in [2.75, 3.05) is 11.4 Å². The summed E-state index contributed by atoms with van der Waals surface area (Å²) in [5.41, 5.74) is 3.55. The maximum Gasteiger partial charge on any atom is 0.416 e. The molecule has 0 aliphatic carbocycles. The number of nitrogens with zero attached hydrogens (tertiary/aromatic N) is 1. The van der Waals surface area contributed by atoms with Crippen LogP contribution in [0.2, 0.25) is 0 Å². The van der Waals surface area contributed by atoms with Crippen molar-refractivity contribution in [3.8, 4) is 0 Å². The molecule has 1 N–H and O–H groups in total. The van der Waals surface area contributed by atoms with Crippen molar-refractivity contribution in [2.24, 2.45) is 0 Å². The van der Waals surface area contributed by atoms with Gasteiger partial charge in [0.2, 0.25) is 0 Å². The summed E-state index contributed by atoms with van der Waals surface area (Å²) < 4.78 is 38.2. The topological polar surface area (TPSA) is 23.5 Å². The van der Waals surface area contributed by atoms with Gasteiger partial charge in [0.05, 0.1) is 6.54 Å². The van der Waals surface area contributed by atoms with Crippen molar-refractivity contribution < 1.29 is 18.3 Å². The van der Waals surface area contributed by atoms with Crippen LogP contribution in [-0.4, -0.2) is 23.9 Å². The van der Waals surface area contributed by atoms with Gasteiger partial charge in [-0.3, -0.25) is 0 Å². The van der Waals surface area contributed by atoms with Gasteiger partial charge in [-0.15, -0.1) is 0 Å². The molecule has 0 fully saturated rings. The van der Waals surface area contributed by atoms with Gasteiger partial charge in [-0.25, -0.2) is 0 Å². The number of anilines is 1. The molecule has 5 heteroatoms. The summed E-state index contributed by atoms with van der Waals surface area (Å²) >= 11 is 0. The van der Waals surface area contributed by atoms with E-state index in [4.69, 9.17) is 0 Å². The second kappa shape index (κ2) is 7.04. The highest BCUT2D eigenvalue weighted by Gasteiger charge is 2.39. The first-order valence-electron chi connectivity index (χ1n) is 7.38. The SMILES string of the molecule is Cc1ccc(CN(CC(O)C(F)(F)F)c2ccccc2C)cc1. The summed E-state index contributed by atoms with van der Waals surface area (Å²) in [6.07, 6.45) is -7.01. The number of alkyl halides is 3. The molecule has 0 aliphatic heterocycles. The Kier molecular flexibility index (Phi) is 5.31. The molecule has 2 nitrogen and oxygen atoms in total. The summed E-state index contributed by atoms with van der Waals surface area (Å²) in [4.78, 5) is 1.57. The van der Waals surface area contributed by atoms with Crippen molar-refractivity contribution in [3.63, 3.8) is 0 Å². The van der Waals surface area contributed by atoms with Gasteiger partial charge >= 0.3 is 6.18 Å². The Bertz CT molecular complexity index is 637. The van der Waals surface area contributed by atoms with Crippen molar-refractivity contribution >= 4 is 5.69 Å². The number of benzene rings is 2. The molecule has 0 amide bonds. The third-order valence-electron chi connectivity index (χ3n) is 3.72. The van der Waals surface area contributed by atoms with Crippen LogP contribution >= 0.6 is 0 Å². The number of halogens is 3. The van der Waals surface area contributed by atoms with Crippen LogP contribution in [0.3, 0.4) is 0 Å². The minimum Gasteiger partial charge on any atom is -0.382 e. The number of para-hydroxylation sites is 1. The highest BCUT2D eigenvalue weighted by atomic mass is 19.4. The van der Waals surface area contributed by atoms with E-state index in [0.717, 1.165) is 16.7 Å². The first-order chi connectivity index (χ1) is 10.8. The molecule has 1 unspecified atom stereocenters. The van der Waals surface area contributed by atoms with Gasteiger partial charge in [0.25, 0.3) is 0 Å². The Morgan fingerprint density at radius 2 is 1.61 bits per heavy atom. The number of aliphatic hydroxyl groups is 1. The number of aryl methyl sites for hydroxylation is 2. The van der Waals surface area contributed by atoms with E-state index in [1.54, 1.807) is 17.0 Å². The van der Waals surface area contributed by atoms with Gasteiger partial charge in [0.1, 0.15) is 0 Å². The van der Waals surface area contributed by atoms with E-state index < -0.39 is 18.8 Å². The maximum atomic E-state index is 12.7. The van der Waals surface area contributed by atoms with E-state index in [2.05, 4.69) is 0 Å². The molecule has 0 radical (unpaired) electrons. The van der Waals surface area contributed by atoms with E-state index in [9.17, 15) is 18.3 Å². The fourth-order valence-corrected chi connectivity index (χ4v) is 2.39. The van der Waals surface area contributed by atoms with Gasteiger partial charge in [-0.2, -0.15) is 13.2 Å². The Balaban J connectivity index is 2.27. The molecule has 23 heavy (non-hydrogen) atoms. The van der Waals surface area contributed by atoms with Gasteiger partial charge in [0.15, 0.2) is 6.10 Å². The molecular formula is C18H20F3NO. The molecule has 2 aromatic rings. The van der Waals surface area contributed by atoms with E-state index in [1.807, 2.05) is 50.2 Å². The van der Waals surface area contributed by atoms with Gasteiger partial charge in [0, 0.05) is 12.2 Å². The Hall–Kier alpha value is -2.01. The molecule has 2 rings (SSSR count). The van der Waals surface area contributed by atoms with Crippen LogP contribution < -0.4 is 4.90 Å². The summed E-state index contributed by atoms with van der Waals surface area (Å²) in [7, 11) is 0. The summed E-state index contributed by atoms with van der Waals surface area (Å²) in [6, 6.07) is 14.9. The predicted octanol–water partition coefficient (Wildman–Crippen LogP) is 4.23. The third kappa shape index (κ3) is 4.73. The van der Waals surface area contributed by atoms with Crippen LogP contribution in [0.4, 0.5) is 18.9 Å². The van der Waals surface area contributed by atoms with E-state index in [-0.39, 0.29) is 0 Å². The van der Waals surface area contributed by atoms with Crippen molar-refractivity contribution in [1.82, 2.24) is 0 Å². The number of hydrogen-bond acceptors (Lipinski definition) is 2. The quantitative estimate of drug-likeness (QED) is 0.890. The second-order valence-corrected chi connectivity index (χ2v) is 5.71. The average molecular weight is 323 g/mol. The standard InChI is InChI=1S/C18H20F3NO/c1-13-7-9-15(10-8-13)11-22(12-17(23)18(19,20)21)16-6-4-3-5-14(16)2/h3-10,17,23H,11-12H2,1-2H3. The summed E-state index contributed by atoms with van der Waals surface area (Å²) in [5, 5.41) is 9.46. The molecule has 124 valence electrons. The molecular weight excluding hydrogens is 303 g/mol. The Labute approximate surface area is 134 Å². The minimum atomic E-state index is -4.63. The lowest BCUT2D eigenvalue weighted by atomic mass is 10.1. The van der Waals surface area contributed by atoms with E-state index >= 15 is 0 Å². The normalized spacial score (nSPS) is 13.0. The fourth-order valence-electron chi connectivity index (χ4n) is 2.39. The van der Waals surface area contributed by atoms with Gasteiger partial charge in [-0.05, 0) is 31.0 Å². The first-order valence-corrected chi connectivity index (χ1v) is 7.38. The minimum absolute atomic E-state index is 0.304. The maximum absolute atomic E-state index is 12.7.